The van der Waals surface area contributed by atoms with E-state index in [9.17, 15) is 19.4 Å². The van der Waals surface area contributed by atoms with E-state index in [1.807, 2.05) is 21.1 Å². The Morgan fingerprint density at radius 2 is 1.03 bits per heavy atom. The topological polar surface area (TPSA) is 108 Å². The molecule has 0 fully saturated rings. The molecule has 8 nitrogen and oxygen atoms in total. The molecule has 59 heavy (non-hydrogen) atoms. The maximum atomic E-state index is 12.8. The van der Waals surface area contributed by atoms with Gasteiger partial charge in [0.05, 0.1) is 39.9 Å². The Balaban J connectivity index is 3.98. The first-order chi connectivity index (χ1) is 28.5. The SMILES string of the molecule is CC/C=C\C/C=C\C/C=C\C/C=C\C/C=C\C/C=C\CCCCCCCCCCCCCCC(=O)NC(COP(=O)([O-])OCC[N+](C)(C)C)C(O)CCCCCCCC. The zero-order valence-electron chi connectivity index (χ0n) is 38.7. The summed E-state index contributed by atoms with van der Waals surface area (Å²) < 4.78 is 23.1. The van der Waals surface area contributed by atoms with Gasteiger partial charge in [-0.1, -0.05) is 189 Å². The zero-order valence-corrected chi connectivity index (χ0v) is 39.6. The van der Waals surface area contributed by atoms with Gasteiger partial charge >= 0.3 is 0 Å². The van der Waals surface area contributed by atoms with Crippen LogP contribution >= 0.6 is 7.82 Å². The maximum absolute atomic E-state index is 12.8. The van der Waals surface area contributed by atoms with Crippen molar-refractivity contribution in [2.24, 2.45) is 0 Å². The van der Waals surface area contributed by atoms with E-state index in [0.717, 1.165) is 77.0 Å². The summed E-state index contributed by atoms with van der Waals surface area (Å²) in [7, 11) is 1.29. The third-order valence-corrected chi connectivity index (χ3v) is 11.2. The van der Waals surface area contributed by atoms with E-state index in [2.05, 4.69) is 92.1 Å². The highest BCUT2D eigenvalue weighted by Gasteiger charge is 2.24. The summed E-state index contributed by atoms with van der Waals surface area (Å²) in [5.41, 5.74) is 0. The Labute approximate surface area is 364 Å². The van der Waals surface area contributed by atoms with Crippen molar-refractivity contribution in [1.29, 1.82) is 0 Å². The first kappa shape index (κ1) is 56.9. The molecule has 0 radical (unpaired) electrons. The van der Waals surface area contributed by atoms with Crippen LogP contribution in [-0.4, -0.2) is 68.5 Å². The first-order valence-corrected chi connectivity index (χ1v) is 25.2. The Bertz CT molecular complexity index is 1190. The third kappa shape index (κ3) is 43.8. The monoisotopic (exact) mass is 847 g/mol. The molecule has 0 rings (SSSR count). The average molecular weight is 847 g/mol. The van der Waals surface area contributed by atoms with Gasteiger partial charge in [-0.15, -0.1) is 0 Å². The standard InChI is InChI=1S/C50H91N2O6P/c1-6-8-10-12-14-15-16-17-18-19-20-21-22-23-24-25-26-27-28-29-30-31-32-33-34-35-36-37-38-40-42-44-50(54)51-48(49(53)43-41-39-13-11-9-7-2)47-58-59(55,56)57-46-45-52(3,4)5/h8,10,14-15,17-18,20-21,23-24,26-27,48-49,53H,6-7,9,11-13,16,19,22,25,28-47H2,1-5H3,(H-,51,54,55,56)/b10-8-,15-14-,18-17-,21-20-,24-23-,27-26-. The number of aliphatic hydroxyl groups excluding tert-OH is 1. The number of quaternary nitrogens is 1. The molecule has 342 valence electrons. The summed E-state index contributed by atoms with van der Waals surface area (Å²) in [5.74, 6) is -0.176. The van der Waals surface area contributed by atoms with Crippen molar-refractivity contribution >= 4 is 13.7 Å². The van der Waals surface area contributed by atoms with Gasteiger partial charge in [-0.2, -0.15) is 0 Å². The second kappa shape index (κ2) is 41.3. The predicted octanol–water partition coefficient (Wildman–Crippen LogP) is 12.9. The van der Waals surface area contributed by atoms with Crippen LogP contribution in [-0.2, 0) is 18.4 Å². The fourth-order valence-corrected chi connectivity index (χ4v) is 7.18. The molecule has 0 heterocycles. The minimum absolute atomic E-state index is 0.00839. The van der Waals surface area contributed by atoms with Gasteiger partial charge in [-0.3, -0.25) is 9.36 Å². The van der Waals surface area contributed by atoms with Crippen LogP contribution in [0.2, 0.25) is 0 Å². The summed E-state index contributed by atoms with van der Waals surface area (Å²) in [6, 6.07) is -0.801. The van der Waals surface area contributed by atoms with Crippen LogP contribution in [0.1, 0.15) is 187 Å². The van der Waals surface area contributed by atoms with Gasteiger partial charge < -0.3 is 28.8 Å². The minimum atomic E-state index is -4.56. The molecule has 0 aromatic carbocycles. The zero-order chi connectivity index (χ0) is 43.6. The number of allylic oxidation sites excluding steroid dienone is 12. The number of nitrogens with one attached hydrogen (secondary N) is 1. The highest BCUT2D eigenvalue weighted by molar-refractivity contribution is 7.45. The molecule has 9 heteroatoms. The van der Waals surface area contributed by atoms with Gasteiger partial charge in [0.1, 0.15) is 13.2 Å². The van der Waals surface area contributed by atoms with Crippen molar-refractivity contribution in [1.82, 2.24) is 5.32 Å². The Morgan fingerprint density at radius 3 is 1.51 bits per heavy atom. The Hall–Kier alpha value is -2.06. The number of rotatable bonds is 42. The lowest BCUT2D eigenvalue weighted by Gasteiger charge is -2.30. The molecular formula is C50H91N2O6P. The summed E-state index contributed by atoms with van der Waals surface area (Å²) in [6.07, 6.45) is 55.3. The molecule has 1 amide bonds. The summed E-state index contributed by atoms with van der Waals surface area (Å²) in [4.78, 5) is 25.2. The summed E-state index contributed by atoms with van der Waals surface area (Å²) in [5, 5.41) is 13.8. The molecule has 0 saturated carbocycles. The predicted molar refractivity (Wildman–Crippen MR) is 251 cm³/mol. The lowest BCUT2D eigenvalue weighted by molar-refractivity contribution is -0.870. The van der Waals surface area contributed by atoms with Crippen LogP contribution in [0, 0.1) is 0 Å². The smallest absolute Gasteiger partial charge is 0.268 e. The number of aliphatic hydroxyl groups is 1. The largest absolute Gasteiger partial charge is 0.756 e. The van der Waals surface area contributed by atoms with Gasteiger partial charge in [-0.05, 0) is 64.2 Å². The number of amides is 1. The fourth-order valence-electron chi connectivity index (χ4n) is 6.45. The number of phosphoric acid groups is 1. The van der Waals surface area contributed by atoms with Crippen LogP contribution in [0.5, 0.6) is 0 Å². The molecule has 0 aromatic rings. The lowest BCUT2D eigenvalue weighted by Crippen LogP contribution is -2.46. The second-order valence-electron chi connectivity index (χ2n) is 17.1. The quantitative estimate of drug-likeness (QED) is 0.0274. The van der Waals surface area contributed by atoms with E-state index < -0.39 is 20.0 Å². The molecule has 0 aliphatic carbocycles. The van der Waals surface area contributed by atoms with Crippen LogP contribution < -0.4 is 10.2 Å². The number of nitrogens with zero attached hydrogens (tertiary/aromatic N) is 1. The first-order valence-electron chi connectivity index (χ1n) is 23.8. The van der Waals surface area contributed by atoms with Gasteiger partial charge in [-0.25, -0.2) is 0 Å². The van der Waals surface area contributed by atoms with Crippen molar-refractivity contribution in [3.8, 4) is 0 Å². The molecule has 0 saturated heterocycles. The van der Waals surface area contributed by atoms with E-state index in [1.54, 1.807) is 0 Å². The van der Waals surface area contributed by atoms with Crippen molar-refractivity contribution < 1.29 is 32.9 Å². The van der Waals surface area contributed by atoms with Gasteiger partial charge in [0.15, 0.2) is 0 Å². The van der Waals surface area contributed by atoms with Crippen LogP contribution in [0.3, 0.4) is 0 Å². The average Bonchev–Trinajstić information content (AvgIpc) is 3.19. The summed E-state index contributed by atoms with van der Waals surface area (Å²) in [6.45, 7) is 4.52. The van der Waals surface area contributed by atoms with Crippen molar-refractivity contribution in [3.63, 3.8) is 0 Å². The van der Waals surface area contributed by atoms with Crippen molar-refractivity contribution in [2.45, 2.75) is 199 Å². The molecular weight excluding hydrogens is 756 g/mol. The fraction of sp³-hybridized carbons (Fsp3) is 0.740. The van der Waals surface area contributed by atoms with E-state index in [4.69, 9.17) is 9.05 Å². The van der Waals surface area contributed by atoms with E-state index in [-0.39, 0.29) is 19.1 Å². The number of unbranched alkanes of at least 4 members (excludes halogenated alkanes) is 17. The number of phosphoric ester groups is 1. The van der Waals surface area contributed by atoms with Crippen LogP contribution in [0.25, 0.3) is 0 Å². The molecule has 0 aromatic heterocycles. The normalized spacial score (nSPS) is 14.9. The minimum Gasteiger partial charge on any atom is -0.756 e. The third-order valence-electron chi connectivity index (χ3n) is 10.2. The van der Waals surface area contributed by atoms with Crippen molar-refractivity contribution in [3.05, 3.63) is 72.9 Å². The maximum Gasteiger partial charge on any atom is 0.268 e. The van der Waals surface area contributed by atoms with E-state index >= 15 is 0 Å². The van der Waals surface area contributed by atoms with Gasteiger partial charge in [0.2, 0.25) is 5.91 Å². The van der Waals surface area contributed by atoms with Gasteiger partial charge in [0, 0.05) is 6.42 Å². The number of carbonyl (C=O) groups excluding carboxylic acids is 1. The number of likely N-dealkylation sites (N-methyl/N-ethyl adjacent to an activating group) is 1. The van der Waals surface area contributed by atoms with E-state index in [0.29, 0.717) is 23.9 Å². The number of hydrogen-bond donors (Lipinski definition) is 2. The van der Waals surface area contributed by atoms with Crippen LogP contribution in [0.4, 0.5) is 0 Å². The molecule has 3 atom stereocenters. The highest BCUT2D eigenvalue weighted by Crippen LogP contribution is 2.38. The molecule has 2 N–H and O–H groups in total. The van der Waals surface area contributed by atoms with Gasteiger partial charge in [0.25, 0.3) is 7.82 Å². The number of hydrogen-bond acceptors (Lipinski definition) is 6. The summed E-state index contributed by atoms with van der Waals surface area (Å²) >= 11 is 0. The van der Waals surface area contributed by atoms with Crippen LogP contribution in [0.15, 0.2) is 72.9 Å². The Morgan fingerprint density at radius 1 is 0.610 bits per heavy atom. The molecule has 3 unspecified atom stereocenters. The molecule has 0 spiro atoms. The second-order valence-corrected chi connectivity index (χ2v) is 18.5. The lowest BCUT2D eigenvalue weighted by atomic mass is 10.0. The molecule has 0 bridgehead atoms. The Kier molecular flexibility index (Phi) is 39.9. The van der Waals surface area contributed by atoms with Crippen molar-refractivity contribution in [2.75, 3.05) is 40.9 Å². The molecule has 0 aliphatic heterocycles. The highest BCUT2D eigenvalue weighted by atomic mass is 31.2. The number of carbonyl (C=O) groups is 1. The van der Waals surface area contributed by atoms with E-state index in [1.165, 1.54) is 83.5 Å². The molecule has 0 aliphatic rings.